The quantitative estimate of drug-likeness (QED) is 0.373. The number of halogens is 1. The number of thioether (sulfide) groups is 1. The van der Waals surface area contributed by atoms with Gasteiger partial charge in [-0.05, 0) is 60.5 Å². The molecule has 8 nitrogen and oxygen atoms in total. The van der Waals surface area contributed by atoms with Crippen LogP contribution in [-0.2, 0) is 16.0 Å². The first-order valence-corrected chi connectivity index (χ1v) is 13.1. The van der Waals surface area contributed by atoms with Gasteiger partial charge in [0.05, 0.1) is 27.0 Å². The summed E-state index contributed by atoms with van der Waals surface area (Å²) in [5, 5.41) is 3.28. The van der Waals surface area contributed by atoms with E-state index in [0.29, 0.717) is 51.8 Å². The average Bonchev–Trinajstić information content (AvgIpc) is 2.93. The predicted molar refractivity (Wildman–Crippen MR) is 151 cm³/mol. The molecule has 1 atom stereocenters. The molecular formula is C28H28ClN3O5S. The standard InChI is InChI=1S/C28H28ClN3O5S/c1-35-22-6-4-5-21(16-22)30-27(34)25-17-26(33)32(28(38-25)31-20-10-8-19(29)9-11-20)14-13-18-7-12-23(36-2)24(15-18)37-3/h4-12,15-16,25H,13-14,17H2,1-3H3,(H,30,34). The van der Waals surface area contributed by atoms with E-state index >= 15 is 0 Å². The number of nitrogens with one attached hydrogen (secondary N) is 1. The summed E-state index contributed by atoms with van der Waals surface area (Å²) in [6.07, 6.45) is 0.610. The Morgan fingerprint density at radius 3 is 2.50 bits per heavy atom. The van der Waals surface area contributed by atoms with E-state index in [1.807, 2.05) is 18.2 Å². The fraction of sp³-hybridized carbons (Fsp3) is 0.250. The lowest BCUT2D eigenvalue weighted by atomic mass is 10.1. The smallest absolute Gasteiger partial charge is 0.238 e. The topological polar surface area (TPSA) is 89.5 Å². The molecule has 0 aliphatic carbocycles. The van der Waals surface area contributed by atoms with E-state index in [4.69, 9.17) is 30.8 Å². The molecule has 0 saturated carbocycles. The third kappa shape index (κ3) is 6.79. The van der Waals surface area contributed by atoms with Crippen molar-refractivity contribution in [2.45, 2.75) is 18.1 Å². The molecule has 1 N–H and O–H groups in total. The van der Waals surface area contributed by atoms with Gasteiger partial charge in [-0.3, -0.25) is 14.5 Å². The molecule has 0 bridgehead atoms. The van der Waals surface area contributed by atoms with E-state index in [1.165, 1.54) is 11.8 Å². The molecule has 0 aromatic heterocycles. The van der Waals surface area contributed by atoms with E-state index in [9.17, 15) is 9.59 Å². The number of nitrogens with zero attached hydrogens (tertiary/aromatic N) is 2. The Morgan fingerprint density at radius 1 is 1.03 bits per heavy atom. The fourth-order valence-corrected chi connectivity index (χ4v) is 5.14. The summed E-state index contributed by atoms with van der Waals surface area (Å²) in [5.74, 6) is 1.42. The molecule has 3 aromatic rings. The van der Waals surface area contributed by atoms with Gasteiger partial charge < -0.3 is 19.5 Å². The van der Waals surface area contributed by atoms with Crippen molar-refractivity contribution in [2.75, 3.05) is 33.2 Å². The van der Waals surface area contributed by atoms with Crippen molar-refractivity contribution in [3.8, 4) is 17.2 Å². The molecule has 0 radical (unpaired) electrons. The Hall–Kier alpha value is -3.69. The Kier molecular flexibility index (Phi) is 9.15. The van der Waals surface area contributed by atoms with E-state index in [0.717, 1.165) is 5.56 Å². The van der Waals surface area contributed by atoms with E-state index in [2.05, 4.69) is 5.32 Å². The number of carbonyl (C=O) groups is 2. The van der Waals surface area contributed by atoms with Crippen LogP contribution < -0.4 is 19.5 Å². The lowest BCUT2D eigenvalue weighted by Gasteiger charge is -2.32. The van der Waals surface area contributed by atoms with Crippen LogP contribution in [0, 0.1) is 0 Å². The van der Waals surface area contributed by atoms with Gasteiger partial charge in [0.1, 0.15) is 11.0 Å². The lowest BCUT2D eigenvalue weighted by molar-refractivity contribution is -0.129. The minimum atomic E-state index is -0.642. The molecule has 198 valence electrons. The number of carbonyl (C=O) groups excluding carboxylic acids is 2. The van der Waals surface area contributed by atoms with Crippen LogP contribution in [-0.4, -0.2) is 55.0 Å². The summed E-state index contributed by atoms with van der Waals surface area (Å²) in [4.78, 5) is 32.8. The second kappa shape index (κ2) is 12.7. The normalized spacial score (nSPS) is 16.3. The number of rotatable bonds is 9. The summed E-state index contributed by atoms with van der Waals surface area (Å²) in [7, 11) is 4.73. The van der Waals surface area contributed by atoms with Gasteiger partial charge in [0.25, 0.3) is 0 Å². The van der Waals surface area contributed by atoms with Gasteiger partial charge in [-0.15, -0.1) is 0 Å². The third-order valence-corrected chi connectivity index (χ3v) is 7.33. The molecule has 1 aliphatic heterocycles. The number of hydrogen-bond donors (Lipinski definition) is 1. The molecular weight excluding hydrogens is 526 g/mol. The van der Waals surface area contributed by atoms with Crippen molar-refractivity contribution in [1.29, 1.82) is 0 Å². The van der Waals surface area contributed by atoms with Gasteiger partial charge in [-0.2, -0.15) is 0 Å². The largest absolute Gasteiger partial charge is 0.497 e. The molecule has 0 spiro atoms. The molecule has 1 fully saturated rings. The summed E-state index contributed by atoms with van der Waals surface area (Å²) in [6, 6.07) is 19.7. The zero-order valence-electron chi connectivity index (χ0n) is 21.3. The Bertz CT molecular complexity index is 1330. The molecule has 4 rings (SSSR count). The number of amidine groups is 1. The highest BCUT2D eigenvalue weighted by Crippen LogP contribution is 2.32. The maximum absolute atomic E-state index is 13.3. The van der Waals surface area contributed by atoms with Crippen LogP contribution in [0.1, 0.15) is 12.0 Å². The highest BCUT2D eigenvalue weighted by molar-refractivity contribution is 8.15. The molecule has 1 saturated heterocycles. The zero-order valence-corrected chi connectivity index (χ0v) is 22.8. The van der Waals surface area contributed by atoms with Gasteiger partial charge in [-0.25, -0.2) is 4.99 Å². The minimum Gasteiger partial charge on any atom is -0.497 e. The molecule has 10 heteroatoms. The van der Waals surface area contributed by atoms with Gasteiger partial charge in [-0.1, -0.05) is 35.5 Å². The first kappa shape index (κ1) is 27.3. The van der Waals surface area contributed by atoms with Crippen molar-refractivity contribution in [3.63, 3.8) is 0 Å². The monoisotopic (exact) mass is 553 g/mol. The second-order valence-electron chi connectivity index (χ2n) is 8.39. The van der Waals surface area contributed by atoms with Crippen LogP contribution in [0.3, 0.4) is 0 Å². The number of methoxy groups -OCH3 is 3. The molecule has 38 heavy (non-hydrogen) atoms. The van der Waals surface area contributed by atoms with Crippen molar-refractivity contribution in [3.05, 3.63) is 77.3 Å². The van der Waals surface area contributed by atoms with Crippen LogP contribution in [0.5, 0.6) is 17.2 Å². The highest BCUT2D eigenvalue weighted by atomic mass is 35.5. The van der Waals surface area contributed by atoms with E-state index in [1.54, 1.807) is 74.8 Å². The van der Waals surface area contributed by atoms with Gasteiger partial charge >= 0.3 is 0 Å². The number of hydrogen-bond acceptors (Lipinski definition) is 7. The van der Waals surface area contributed by atoms with Crippen molar-refractivity contribution in [2.24, 2.45) is 4.99 Å². The molecule has 3 aromatic carbocycles. The SMILES string of the molecule is COc1cccc(NC(=O)C2CC(=O)N(CCc3ccc(OC)c(OC)c3)C(=Nc3ccc(Cl)cc3)S2)c1. The minimum absolute atomic E-state index is 0.0477. The summed E-state index contributed by atoms with van der Waals surface area (Å²) in [5.41, 5.74) is 2.20. The highest BCUT2D eigenvalue weighted by Gasteiger charge is 2.36. The predicted octanol–water partition coefficient (Wildman–Crippen LogP) is 5.57. The van der Waals surface area contributed by atoms with Crippen LogP contribution in [0.25, 0.3) is 0 Å². The molecule has 2 amide bonds. The first-order chi connectivity index (χ1) is 18.4. The number of aliphatic imine (C=N–C) groups is 1. The molecule has 1 unspecified atom stereocenters. The van der Waals surface area contributed by atoms with Crippen molar-refractivity contribution in [1.82, 2.24) is 4.90 Å². The Morgan fingerprint density at radius 2 is 1.79 bits per heavy atom. The van der Waals surface area contributed by atoms with Gasteiger partial charge in [0.15, 0.2) is 16.7 Å². The maximum atomic E-state index is 13.3. The number of amides is 2. The first-order valence-electron chi connectivity index (χ1n) is 11.9. The summed E-state index contributed by atoms with van der Waals surface area (Å²) < 4.78 is 16.0. The number of anilines is 1. The Labute approximate surface area is 230 Å². The average molecular weight is 554 g/mol. The fourth-order valence-electron chi connectivity index (χ4n) is 3.89. The van der Waals surface area contributed by atoms with Crippen molar-refractivity contribution < 1.29 is 23.8 Å². The van der Waals surface area contributed by atoms with Gasteiger partial charge in [0.2, 0.25) is 11.8 Å². The van der Waals surface area contributed by atoms with E-state index in [-0.39, 0.29) is 18.2 Å². The van der Waals surface area contributed by atoms with Crippen LogP contribution in [0.15, 0.2) is 71.7 Å². The van der Waals surface area contributed by atoms with Crippen LogP contribution >= 0.6 is 23.4 Å². The Balaban J connectivity index is 1.55. The second-order valence-corrected chi connectivity index (χ2v) is 9.99. The number of benzene rings is 3. The van der Waals surface area contributed by atoms with Crippen LogP contribution in [0.2, 0.25) is 5.02 Å². The maximum Gasteiger partial charge on any atom is 0.238 e. The third-order valence-electron chi connectivity index (χ3n) is 5.89. The van der Waals surface area contributed by atoms with Crippen LogP contribution in [0.4, 0.5) is 11.4 Å². The zero-order chi connectivity index (χ0) is 27.1. The summed E-state index contributed by atoms with van der Waals surface area (Å²) >= 11 is 7.30. The lowest BCUT2D eigenvalue weighted by Crippen LogP contribution is -2.46. The van der Waals surface area contributed by atoms with E-state index < -0.39 is 5.25 Å². The molecule has 1 aliphatic rings. The number of ether oxygens (including phenoxy) is 3. The van der Waals surface area contributed by atoms with Gasteiger partial charge in [0, 0.05) is 29.7 Å². The van der Waals surface area contributed by atoms with Crippen molar-refractivity contribution >= 4 is 51.7 Å². The molecule has 1 heterocycles. The summed E-state index contributed by atoms with van der Waals surface area (Å²) in [6.45, 7) is 0.387.